The van der Waals surface area contributed by atoms with Gasteiger partial charge in [0.15, 0.2) is 4.80 Å². The Balaban J connectivity index is 1.61. The normalized spacial score (nSPS) is 15.2. The Morgan fingerprint density at radius 2 is 1.78 bits per heavy atom. The highest BCUT2D eigenvalue weighted by Gasteiger charge is 2.33. The third kappa shape index (κ3) is 5.14. The largest absolute Gasteiger partial charge is 0.463 e. The summed E-state index contributed by atoms with van der Waals surface area (Å²) in [4.78, 5) is 31.8. The SMILES string of the molecule is CCOC(=O)C1=C(C)N=c2s/c(=C/c3cccc(Oc4ccccc4)c3)c(=O)n2[C@@H]1c1ccc(Cl)cc1. The summed E-state index contributed by atoms with van der Waals surface area (Å²) in [5.41, 5.74) is 2.16. The number of para-hydroxylation sites is 1. The topological polar surface area (TPSA) is 69.9 Å². The number of rotatable bonds is 6. The van der Waals surface area contributed by atoms with Crippen molar-refractivity contribution in [1.29, 1.82) is 0 Å². The van der Waals surface area contributed by atoms with Gasteiger partial charge in [0.1, 0.15) is 11.5 Å². The quantitative estimate of drug-likeness (QED) is 0.319. The number of fused-ring (bicyclic) bond motifs is 1. The molecule has 186 valence electrons. The summed E-state index contributed by atoms with van der Waals surface area (Å²) in [6.07, 6.45) is 1.81. The molecule has 1 atom stereocenters. The molecule has 0 radical (unpaired) electrons. The first-order valence-electron chi connectivity index (χ1n) is 11.7. The number of nitrogens with zero attached hydrogens (tertiary/aromatic N) is 2. The van der Waals surface area contributed by atoms with E-state index in [-0.39, 0.29) is 12.2 Å². The number of aromatic nitrogens is 1. The molecule has 1 aromatic heterocycles. The van der Waals surface area contributed by atoms with E-state index in [0.717, 1.165) is 16.9 Å². The Kier molecular flexibility index (Phi) is 7.08. The highest BCUT2D eigenvalue weighted by molar-refractivity contribution is 7.07. The van der Waals surface area contributed by atoms with E-state index in [9.17, 15) is 9.59 Å². The minimum absolute atomic E-state index is 0.217. The monoisotopic (exact) mass is 530 g/mol. The summed E-state index contributed by atoms with van der Waals surface area (Å²) in [5.74, 6) is 0.889. The van der Waals surface area contributed by atoms with Crippen LogP contribution in [0.3, 0.4) is 0 Å². The maximum atomic E-state index is 13.7. The third-order valence-electron chi connectivity index (χ3n) is 5.84. The van der Waals surface area contributed by atoms with Crippen molar-refractivity contribution >= 4 is 35.0 Å². The average Bonchev–Trinajstić information content (AvgIpc) is 3.19. The zero-order valence-electron chi connectivity index (χ0n) is 20.2. The van der Waals surface area contributed by atoms with E-state index in [1.165, 1.54) is 11.3 Å². The van der Waals surface area contributed by atoms with Crippen molar-refractivity contribution in [2.24, 2.45) is 4.99 Å². The molecule has 3 aromatic carbocycles. The highest BCUT2D eigenvalue weighted by atomic mass is 35.5. The third-order valence-corrected chi connectivity index (χ3v) is 7.07. The number of hydrogen-bond donors (Lipinski definition) is 0. The molecule has 0 unspecified atom stereocenters. The smallest absolute Gasteiger partial charge is 0.338 e. The fraction of sp³-hybridized carbons (Fsp3) is 0.138. The Labute approximate surface area is 222 Å². The maximum Gasteiger partial charge on any atom is 0.338 e. The second-order valence-corrected chi connectivity index (χ2v) is 9.79. The van der Waals surface area contributed by atoms with Gasteiger partial charge in [-0.2, -0.15) is 0 Å². The molecule has 1 aliphatic rings. The van der Waals surface area contributed by atoms with Crippen molar-refractivity contribution in [2.75, 3.05) is 6.61 Å². The number of esters is 1. The first-order valence-corrected chi connectivity index (χ1v) is 12.9. The minimum atomic E-state index is -0.678. The number of hydrogen-bond acceptors (Lipinski definition) is 6. The number of benzene rings is 3. The van der Waals surface area contributed by atoms with Crippen molar-refractivity contribution in [3.05, 3.63) is 126 Å². The zero-order chi connectivity index (χ0) is 25.9. The van der Waals surface area contributed by atoms with Crippen LogP contribution in [0.4, 0.5) is 0 Å². The van der Waals surface area contributed by atoms with Gasteiger partial charge in [0.2, 0.25) is 0 Å². The van der Waals surface area contributed by atoms with E-state index in [4.69, 9.17) is 21.1 Å². The number of carbonyl (C=O) groups excluding carboxylic acids is 1. The number of allylic oxidation sites excluding steroid dienone is 1. The molecule has 2 heterocycles. The van der Waals surface area contributed by atoms with Crippen LogP contribution in [0.5, 0.6) is 11.5 Å². The average molecular weight is 531 g/mol. The molecule has 8 heteroatoms. The zero-order valence-corrected chi connectivity index (χ0v) is 21.8. The highest BCUT2D eigenvalue weighted by Crippen LogP contribution is 2.31. The molecule has 0 fully saturated rings. The van der Waals surface area contributed by atoms with Crippen LogP contribution < -0.4 is 19.6 Å². The van der Waals surface area contributed by atoms with Crippen LogP contribution in [-0.4, -0.2) is 17.1 Å². The van der Waals surface area contributed by atoms with Crippen molar-refractivity contribution in [3.63, 3.8) is 0 Å². The molecule has 0 spiro atoms. The summed E-state index contributed by atoms with van der Waals surface area (Å²) in [6, 6.07) is 23.4. The Hall–Kier alpha value is -3.94. The van der Waals surface area contributed by atoms with Gasteiger partial charge in [-0.15, -0.1) is 0 Å². The number of halogens is 1. The summed E-state index contributed by atoms with van der Waals surface area (Å²) >= 11 is 7.39. The van der Waals surface area contributed by atoms with Gasteiger partial charge in [-0.1, -0.05) is 65.4 Å². The lowest BCUT2D eigenvalue weighted by atomic mass is 9.96. The van der Waals surface area contributed by atoms with Crippen LogP contribution in [0.25, 0.3) is 6.08 Å². The van der Waals surface area contributed by atoms with Gasteiger partial charge < -0.3 is 9.47 Å². The molecule has 37 heavy (non-hydrogen) atoms. The van der Waals surface area contributed by atoms with Crippen molar-refractivity contribution in [2.45, 2.75) is 19.9 Å². The first kappa shape index (κ1) is 24.7. The van der Waals surface area contributed by atoms with Crippen LogP contribution in [0.1, 0.15) is 31.0 Å². The van der Waals surface area contributed by atoms with Crippen LogP contribution in [0, 0.1) is 0 Å². The second-order valence-electron chi connectivity index (χ2n) is 8.34. The Bertz CT molecular complexity index is 1670. The molecule has 1 aliphatic heterocycles. The summed E-state index contributed by atoms with van der Waals surface area (Å²) < 4.78 is 13.3. The van der Waals surface area contributed by atoms with Gasteiger partial charge in [-0.25, -0.2) is 9.79 Å². The van der Waals surface area contributed by atoms with Gasteiger partial charge in [-0.3, -0.25) is 9.36 Å². The fourth-order valence-electron chi connectivity index (χ4n) is 4.20. The summed E-state index contributed by atoms with van der Waals surface area (Å²) in [5, 5.41) is 0.562. The van der Waals surface area contributed by atoms with E-state index >= 15 is 0 Å². The molecule has 0 amide bonds. The molecule has 0 saturated carbocycles. The first-order chi connectivity index (χ1) is 17.9. The predicted octanol–water partition coefficient (Wildman–Crippen LogP) is 5.24. The predicted molar refractivity (Wildman–Crippen MR) is 145 cm³/mol. The van der Waals surface area contributed by atoms with Gasteiger partial charge >= 0.3 is 5.97 Å². The second kappa shape index (κ2) is 10.6. The Morgan fingerprint density at radius 1 is 1.05 bits per heavy atom. The molecule has 0 bridgehead atoms. The van der Waals surface area contributed by atoms with E-state index < -0.39 is 12.0 Å². The van der Waals surface area contributed by atoms with Crippen molar-refractivity contribution in [1.82, 2.24) is 4.57 Å². The van der Waals surface area contributed by atoms with Crippen LogP contribution in [0.15, 0.2) is 99.9 Å². The van der Waals surface area contributed by atoms with Crippen LogP contribution in [0.2, 0.25) is 5.02 Å². The van der Waals surface area contributed by atoms with E-state index in [1.807, 2.05) is 72.8 Å². The van der Waals surface area contributed by atoms with Crippen molar-refractivity contribution < 1.29 is 14.3 Å². The van der Waals surface area contributed by atoms with E-state index in [0.29, 0.717) is 31.4 Å². The van der Waals surface area contributed by atoms with Gasteiger partial charge in [0.05, 0.1) is 28.5 Å². The van der Waals surface area contributed by atoms with E-state index in [1.54, 1.807) is 30.5 Å². The summed E-state index contributed by atoms with van der Waals surface area (Å²) in [7, 11) is 0. The molecular formula is C29H23ClN2O4S. The molecule has 5 rings (SSSR count). The number of thiazole rings is 1. The van der Waals surface area contributed by atoms with Gasteiger partial charge in [0, 0.05) is 5.02 Å². The molecule has 0 N–H and O–H groups in total. The standard InChI is InChI=1S/C29H23ClN2O4S/c1-3-35-28(34)25-18(2)31-29-32(26(25)20-12-14-21(30)15-13-20)27(33)24(37-29)17-19-8-7-11-23(16-19)36-22-9-5-4-6-10-22/h4-17,26H,3H2,1-2H3/b24-17+/t26-/m1/s1. The number of carbonyl (C=O) groups is 1. The maximum absolute atomic E-state index is 13.7. The van der Waals surface area contributed by atoms with Gasteiger partial charge in [-0.05, 0) is 67.4 Å². The fourth-order valence-corrected chi connectivity index (χ4v) is 5.37. The van der Waals surface area contributed by atoms with Crippen LogP contribution >= 0.6 is 22.9 Å². The molecule has 4 aromatic rings. The number of ether oxygens (including phenoxy) is 2. The lowest BCUT2D eigenvalue weighted by molar-refractivity contribution is -0.139. The molecule has 0 aliphatic carbocycles. The molecular weight excluding hydrogens is 508 g/mol. The minimum Gasteiger partial charge on any atom is -0.463 e. The molecule has 6 nitrogen and oxygen atoms in total. The Morgan fingerprint density at radius 3 is 2.51 bits per heavy atom. The summed E-state index contributed by atoms with van der Waals surface area (Å²) in [6.45, 7) is 3.72. The molecule has 0 saturated heterocycles. The van der Waals surface area contributed by atoms with Gasteiger partial charge in [0.25, 0.3) is 5.56 Å². The van der Waals surface area contributed by atoms with E-state index in [2.05, 4.69) is 4.99 Å². The van der Waals surface area contributed by atoms with Crippen LogP contribution in [-0.2, 0) is 9.53 Å². The lowest BCUT2D eigenvalue weighted by Crippen LogP contribution is -2.39. The van der Waals surface area contributed by atoms with Crippen molar-refractivity contribution in [3.8, 4) is 11.5 Å². The lowest BCUT2D eigenvalue weighted by Gasteiger charge is -2.24.